The van der Waals surface area contributed by atoms with Crippen molar-refractivity contribution in [1.29, 1.82) is 0 Å². The van der Waals surface area contributed by atoms with Crippen molar-refractivity contribution in [2.75, 3.05) is 13.2 Å². The number of aliphatic hydroxyl groups is 1. The van der Waals surface area contributed by atoms with E-state index in [2.05, 4.69) is 0 Å². The number of nitrogens with zero attached hydrogens (tertiary/aromatic N) is 1. The molecule has 2 unspecified atom stereocenters. The van der Waals surface area contributed by atoms with Gasteiger partial charge >= 0.3 is 5.97 Å². The maximum Gasteiger partial charge on any atom is 0.329 e. The Balaban J connectivity index is 2.02. The predicted molar refractivity (Wildman–Crippen MR) is 71.5 cm³/mol. The highest BCUT2D eigenvalue weighted by Crippen LogP contribution is 2.20. The topological polar surface area (TPSA) is 121 Å². The minimum absolute atomic E-state index is 0.0472. The molecule has 2 aliphatic rings. The van der Waals surface area contributed by atoms with Crippen LogP contribution in [0.2, 0.25) is 0 Å². The van der Waals surface area contributed by atoms with Crippen LogP contribution in [0.4, 0.5) is 0 Å². The van der Waals surface area contributed by atoms with Gasteiger partial charge < -0.3 is 19.8 Å². The summed E-state index contributed by atoms with van der Waals surface area (Å²) in [6.45, 7) is -0.740. The zero-order valence-corrected chi connectivity index (χ0v) is 11.5. The molecule has 0 aromatic rings. The summed E-state index contributed by atoms with van der Waals surface area (Å²) in [5, 5.41) is 18.3. The molecule has 1 aliphatic carbocycles. The highest BCUT2D eigenvalue weighted by molar-refractivity contribution is 6.18. The number of allylic oxidation sites excluding steroid dienone is 2. The fourth-order valence-electron chi connectivity index (χ4n) is 2.33. The van der Waals surface area contributed by atoms with Crippen LogP contribution in [0.15, 0.2) is 24.3 Å². The van der Waals surface area contributed by atoms with Crippen molar-refractivity contribution >= 4 is 23.4 Å². The lowest BCUT2D eigenvalue weighted by Gasteiger charge is -2.27. The molecular formula is C14H15NO7. The first-order valence-corrected chi connectivity index (χ1v) is 6.64. The van der Waals surface area contributed by atoms with Gasteiger partial charge in [-0.15, -0.1) is 0 Å². The Morgan fingerprint density at radius 2 is 1.86 bits per heavy atom. The van der Waals surface area contributed by atoms with Crippen LogP contribution in [0.3, 0.4) is 0 Å². The Morgan fingerprint density at radius 3 is 2.36 bits per heavy atom. The third-order valence-corrected chi connectivity index (χ3v) is 3.45. The number of aliphatic carboxylic acids is 1. The van der Waals surface area contributed by atoms with Gasteiger partial charge in [0.15, 0.2) is 11.6 Å². The Hall–Kier alpha value is -2.32. The first kappa shape index (κ1) is 16.1. The SMILES string of the molecule is O=C(O)COC(CC1C(=O)C=CC1=O)CN1C(=O)C=CC1O. The molecule has 0 saturated carbocycles. The second-order valence-corrected chi connectivity index (χ2v) is 5.02. The Bertz CT molecular complexity index is 548. The maximum absolute atomic E-state index is 11.6. The van der Waals surface area contributed by atoms with Crippen molar-refractivity contribution < 1.29 is 34.1 Å². The first-order chi connectivity index (χ1) is 10.4. The molecule has 0 fully saturated rings. The van der Waals surface area contributed by atoms with Crippen LogP contribution in [0.25, 0.3) is 0 Å². The van der Waals surface area contributed by atoms with Gasteiger partial charge in [0.2, 0.25) is 5.91 Å². The number of hydrogen-bond donors (Lipinski definition) is 2. The van der Waals surface area contributed by atoms with E-state index in [1.807, 2.05) is 0 Å². The van der Waals surface area contributed by atoms with Crippen molar-refractivity contribution in [3.8, 4) is 0 Å². The van der Waals surface area contributed by atoms with E-state index in [1.54, 1.807) is 0 Å². The zero-order chi connectivity index (χ0) is 16.3. The van der Waals surface area contributed by atoms with Crippen LogP contribution in [-0.4, -0.2) is 64.0 Å². The second kappa shape index (κ2) is 6.63. The molecule has 0 radical (unpaired) electrons. The summed E-state index contributed by atoms with van der Waals surface area (Å²) in [4.78, 5) is 46.5. The average molecular weight is 309 g/mol. The minimum atomic E-state index is -1.21. The normalized spacial score (nSPS) is 22.9. The quantitative estimate of drug-likeness (QED) is 0.572. The van der Waals surface area contributed by atoms with Crippen LogP contribution in [0, 0.1) is 5.92 Å². The molecule has 1 aliphatic heterocycles. The molecule has 8 nitrogen and oxygen atoms in total. The van der Waals surface area contributed by atoms with E-state index in [4.69, 9.17) is 9.84 Å². The van der Waals surface area contributed by atoms with E-state index >= 15 is 0 Å². The van der Waals surface area contributed by atoms with Crippen molar-refractivity contribution in [3.05, 3.63) is 24.3 Å². The molecule has 1 heterocycles. The third kappa shape index (κ3) is 3.66. The molecule has 8 heteroatoms. The van der Waals surface area contributed by atoms with Crippen LogP contribution in [-0.2, 0) is 23.9 Å². The standard InChI is InChI=1S/C14H15NO7/c16-10-1-2-11(17)9(10)5-8(22-7-14(20)21)6-15-12(18)3-4-13(15)19/h1-4,8-9,12,18H,5-7H2,(H,20,21). The van der Waals surface area contributed by atoms with E-state index in [0.29, 0.717) is 0 Å². The molecule has 0 aromatic carbocycles. The number of aliphatic hydroxyl groups excluding tert-OH is 1. The van der Waals surface area contributed by atoms with Gasteiger partial charge in [-0.05, 0) is 24.6 Å². The van der Waals surface area contributed by atoms with E-state index in [1.165, 1.54) is 24.3 Å². The summed E-state index contributed by atoms with van der Waals surface area (Å²) in [5.74, 6) is -3.33. The van der Waals surface area contributed by atoms with E-state index < -0.39 is 36.7 Å². The van der Waals surface area contributed by atoms with Gasteiger partial charge in [-0.2, -0.15) is 0 Å². The summed E-state index contributed by atoms with van der Waals surface area (Å²) in [7, 11) is 0. The molecule has 1 amide bonds. The Morgan fingerprint density at radius 1 is 1.23 bits per heavy atom. The number of carboxylic acids is 1. The third-order valence-electron chi connectivity index (χ3n) is 3.45. The highest BCUT2D eigenvalue weighted by atomic mass is 16.5. The van der Waals surface area contributed by atoms with Crippen molar-refractivity contribution in [2.45, 2.75) is 18.8 Å². The number of hydrogen-bond acceptors (Lipinski definition) is 6. The lowest BCUT2D eigenvalue weighted by Crippen LogP contribution is -2.42. The lowest BCUT2D eigenvalue weighted by molar-refractivity contribution is -0.146. The van der Waals surface area contributed by atoms with E-state index in [9.17, 15) is 24.3 Å². The number of carbonyl (C=O) groups is 4. The number of ketones is 2. The fourth-order valence-corrected chi connectivity index (χ4v) is 2.33. The van der Waals surface area contributed by atoms with Gasteiger partial charge in [0.25, 0.3) is 0 Å². The average Bonchev–Trinajstić information content (AvgIpc) is 2.94. The number of amides is 1. The fraction of sp³-hybridized carbons (Fsp3) is 0.429. The molecule has 0 spiro atoms. The number of carboxylic acid groups (broad SMARTS) is 1. The molecule has 22 heavy (non-hydrogen) atoms. The smallest absolute Gasteiger partial charge is 0.329 e. The second-order valence-electron chi connectivity index (χ2n) is 5.02. The number of carbonyl (C=O) groups excluding carboxylic acids is 3. The Labute approximate surface area is 125 Å². The molecule has 118 valence electrons. The maximum atomic E-state index is 11.6. The van der Waals surface area contributed by atoms with Crippen LogP contribution in [0.5, 0.6) is 0 Å². The first-order valence-electron chi connectivity index (χ1n) is 6.64. The summed E-state index contributed by atoms with van der Waals surface area (Å²) >= 11 is 0. The molecule has 2 atom stereocenters. The van der Waals surface area contributed by atoms with E-state index in [0.717, 1.165) is 4.90 Å². The van der Waals surface area contributed by atoms with Crippen molar-refractivity contribution in [3.63, 3.8) is 0 Å². The van der Waals surface area contributed by atoms with Crippen molar-refractivity contribution in [2.24, 2.45) is 5.92 Å². The summed E-state index contributed by atoms with van der Waals surface area (Å²) < 4.78 is 5.16. The number of ether oxygens (including phenoxy) is 1. The monoisotopic (exact) mass is 309 g/mol. The molecule has 0 aromatic heterocycles. The predicted octanol–water partition coefficient (Wildman–Crippen LogP) is -1.11. The summed E-state index contributed by atoms with van der Waals surface area (Å²) in [6, 6.07) is 0. The molecule has 2 rings (SSSR count). The largest absolute Gasteiger partial charge is 0.480 e. The summed E-state index contributed by atoms with van der Waals surface area (Å²) in [6.07, 6.45) is 2.77. The van der Waals surface area contributed by atoms with Gasteiger partial charge in [-0.1, -0.05) is 0 Å². The van der Waals surface area contributed by atoms with Gasteiger partial charge in [0.05, 0.1) is 18.6 Å². The number of rotatable bonds is 7. The molecule has 2 N–H and O–H groups in total. The molecular weight excluding hydrogens is 294 g/mol. The minimum Gasteiger partial charge on any atom is -0.480 e. The Kier molecular flexibility index (Phi) is 4.84. The molecule has 0 bridgehead atoms. The van der Waals surface area contributed by atoms with Gasteiger partial charge in [-0.25, -0.2) is 4.79 Å². The molecule has 0 saturated heterocycles. The van der Waals surface area contributed by atoms with Gasteiger partial charge in [-0.3, -0.25) is 14.4 Å². The van der Waals surface area contributed by atoms with Gasteiger partial charge in [0, 0.05) is 6.08 Å². The van der Waals surface area contributed by atoms with Crippen LogP contribution >= 0.6 is 0 Å². The van der Waals surface area contributed by atoms with Crippen molar-refractivity contribution in [1.82, 2.24) is 4.90 Å². The van der Waals surface area contributed by atoms with Crippen LogP contribution < -0.4 is 0 Å². The zero-order valence-electron chi connectivity index (χ0n) is 11.5. The van der Waals surface area contributed by atoms with E-state index in [-0.39, 0.29) is 24.5 Å². The van der Waals surface area contributed by atoms with Gasteiger partial charge in [0.1, 0.15) is 12.8 Å². The highest BCUT2D eigenvalue weighted by Gasteiger charge is 2.34. The summed E-state index contributed by atoms with van der Waals surface area (Å²) in [5.41, 5.74) is 0. The van der Waals surface area contributed by atoms with Crippen LogP contribution in [0.1, 0.15) is 6.42 Å². The lowest BCUT2D eigenvalue weighted by atomic mass is 9.97.